The largest absolute Gasteiger partial charge is 0.376 e. The molecule has 0 atom stereocenters. The predicted molar refractivity (Wildman–Crippen MR) is 35.2 cm³/mol. The van der Waals surface area contributed by atoms with Crippen molar-refractivity contribution in [3.8, 4) is 0 Å². The maximum absolute atomic E-state index is 9.75. The van der Waals surface area contributed by atoms with Gasteiger partial charge in [0.1, 0.15) is 7.05 Å². The van der Waals surface area contributed by atoms with Crippen LogP contribution in [0.4, 0.5) is 0 Å². The number of carbonyl (C=O) groups is 1. The Bertz CT molecular complexity index is 106. The van der Waals surface area contributed by atoms with Crippen molar-refractivity contribution in [2.24, 2.45) is 0 Å². The molecule has 0 bridgehead atoms. The molecular weight excluding hydrogens is 130 g/mol. The van der Waals surface area contributed by atoms with Crippen molar-refractivity contribution in [3.05, 3.63) is 0 Å². The second-order valence-electron chi connectivity index (χ2n) is 1.02. The highest BCUT2D eigenvalue weighted by Crippen LogP contribution is 1.84. The van der Waals surface area contributed by atoms with Gasteiger partial charge in [-0.3, -0.25) is 0 Å². The topological polar surface area (TPSA) is 20.1 Å². The van der Waals surface area contributed by atoms with E-state index in [9.17, 15) is 4.79 Å². The fourth-order valence-electron chi connectivity index (χ4n) is 0.0471. The first kappa shape index (κ1) is 7.04. The number of thiol groups is 2. The van der Waals surface area contributed by atoms with Crippen LogP contribution in [0.5, 0.6) is 0 Å². The highest BCUT2D eigenvalue weighted by Gasteiger charge is 1.93. The number of hydrogen-bond acceptors (Lipinski definition) is 1. The smallest absolute Gasteiger partial charge is 0.223 e. The van der Waals surface area contributed by atoms with Crippen LogP contribution < -0.4 is 0 Å². The number of hydrogen-bond donors (Lipinski definition) is 2. The van der Waals surface area contributed by atoms with Gasteiger partial charge < -0.3 is 0 Å². The Morgan fingerprint density at radius 1 is 1.71 bits per heavy atom. The Labute approximate surface area is 53.0 Å². The van der Waals surface area contributed by atoms with E-state index in [2.05, 4.69) is 25.3 Å². The van der Waals surface area contributed by atoms with Crippen LogP contribution in [0.25, 0.3) is 0 Å². The molecule has 0 saturated carbocycles. The van der Waals surface area contributed by atoms with Gasteiger partial charge in [0.15, 0.2) is 0 Å². The van der Waals surface area contributed by atoms with E-state index in [1.54, 1.807) is 7.05 Å². The zero-order valence-electron chi connectivity index (χ0n) is 3.83. The third-order valence-corrected chi connectivity index (χ3v) is 1.10. The van der Waals surface area contributed by atoms with Gasteiger partial charge in [0.05, 0.1) is 0 Å². The summed E-state index contributed by atoms with van der Waals surface area (Å²) in [4.78, 5) is 9.75. The molecule has 0 aromatic carbocycles. The first-order valence-electron chi connectivity index (χ1n) is 1.61. The third-order valence-electron chi connectivity index (χ3n) is 0.474. The first-order valence-corrected chi connectivity index (χ1v) is 2.51. The lowest BCUT2D eigenvalue weighted by Gasteiger charge is -1.78. The van der Waals surface area contributed by atoms with Crippen LogP contribution >= 0.6 is 25.3 Å². The van der Waals surface area contributed by atoms with E-state index in [0.29, 0.717) is 10.8 Å². The third kappa shape index (κ3) is 2.70. The van der Waals surface area contributed by atoms with Gasteiger partial charge in [0.2, 0.25) is 0 Å². The molecule has 7 heavy (non-hydrogen) atoms. The van der Waals surface area contributed by atoms with Gasteiger partial charge in [-0.25, -0.2) is 4.79 Å². The monoisotopic (exact) mass is 136 g/mol. The Morgan fingerprint density at radius 2 is 2.14 bits per heavy atom. The summed E-state index contributed by atoms with van der Waals surface area (Å²) < 4.78 is 1.65. The molecule has 0 spiro atoms. The summed E-state index contributed by atoms with van der Waals surface area (Å²) in [6.45, 7) is 0. The zero-order valence-corrected chi connectivity index (χ0v) is 5.62. The molecule has 0 fully saturated rings. The van der Waals surface area contributed by atoms with E-state index in [1.807, 2.05) is 0 Å². The number of nitrogens with zero attached hydrogens (tertiary/aromatic N) is 1. The molecule has 0 radical (unpaired) electrons. The van der Waals surface area contributed by atoms with E-state index in [0.717, 1.165) is 0 Å². The summed E-state index contributed by atoms with van der Waals surface area (Å²) in [7, 11) is 1.57. The lowest BCUT2D eigenvalue weighted by molar-refractivity contribution is -0.395. The minimum Gasteiger partial charge on any atom is -0.223 e. The summed E-state index contributed by atoms with van der Waals surface area (Å²) in [6, 6.07) is 0. The first-order chi connectivity index (χ1) is 3.18. The summed E-state index contributed by atoms with van der Waals surface area (Å²) in [6.07, 6.45) is 0.634. The van der Waals surface area contributed by atoms with Crippen LogP contribution in [0.1, 0.15) is 0 Å². The lowest BCUT2D eigenvalue weighted by Crippen LogP contribution is -2.04. The molecule has 0 aromatic rings. The zero-order chi connectivity index (χ0) is 5.86. The summed E-state index contributed by atoms with van der Waals surface area (Å²) in [5.74, 6) is 0. The Hall–Kier alpha value is 0.0400. The Kier molecular flexibility index (Phi) is 3.11. The molecular formula is C3H6NOS2+. The van der Waals surface area contributed by atoms with E-state index in [1.165, 1.54) is 4.58 Å². The van der Waals surface area contributed by atoms with E-state index >= 15 is 0 Å². The molecule has 2 nitrogen and oxygen atoms in total. The summed E-state index contributed by atoms with van der Waals surface area (Å²) in [5, 5.41) is 0. The van der Waals surface area contributed by atoms with E-state index in [-0.39, 0.29) is 0 Å². The van der Waals surface area contributed by atoms with Crippen molar-refractivity contribution < 1.29 is 9.37 Å². The number of rotatable bonds is 1. The number of amides is 1. The van der Waals surface area contributed by atoms with Gasteiger partial charge in [-0.1, -0.05) is 25.3 Å². The molecule has 40 valence electrons. The van der Waals surface area contributed by atoms with Gasteiger partial charge in [-0.2, -0.15) is 4.58 Å². The highest BCUT2D eigenvalue weighted by molar-refractivity contribution is 8.23. The fourth-order valence-corrected chi connectivity index (χ4v) is 0.141. The van der Waals surface area contributed by atoms with Gasteiger partial charge in [0, 0.05) is 0 Å². The molecule has 0 aliphatic carbocycles. The van der Waals surface area contributed by atoms with Gasteiger partial charge in [-0.05, 0) is 0 Å². The maximum atomic E-state index is 9.75. The summed E-state index contributed by atoms with van der Waals surface area (Å²) >= 11 is 7.50. The van der Waals surface area contributed by atoms with Crippen molar-refractivity contribution in [1.82, 2.24) is 0 Å². The molecule has 0 aliphatic heterocycles. The molecule has 0 saturated heterocycles. The van der Waals surface area contributed by atoms with E-state index in [4.69, 9.17) is 0 Å². The molecule has 1 amide bonds. The van der Waals surface area contributed by atoms with Crippen LogP contribution in [-0.2, 0) is 4.79 Å². The highest BCUT2D eigenvalue weighted by atomic mass is 32.2. The molecule has 4 heteroatoms. The Morgan fingerprint density at radius 3 is 2.14 bits per heavy atom. The van der Waals surface area contributed by atoms with Crippen molar-refractivity contribution >= 4 is 36.0 Å². The Balaban J connectivity index is 3.98. The standard InChI is InChI=1S/C3H5NOS2/c1-4(2-5)3(6)7/h2H,1H3,(H,6,7)/p+1. The molecule has 0 rings (SSSR count). The van der Waals surface area contributed by atoms with Crippen LogP contribution in [0.3, 0.4) is 0 Å². The quantitative estimate of drug-likeness (QED) is 0.171. The average molecular weight is 136 g/mol. The minimum absolute atomic E-state index is 0.398. The fraction of sp³-hybridized carbons (Fsp3) is 0.333. The van der Waals surface area contributed by atoms with Crippen molar-refractivity contribution in [3.63, 3.8) is 0 Å². The van der Waals surface area contributed by atoms with Gasteiger partial charge in [-0.15, -0.1) is 0 Å². The second-order valence-corrected chi connectivity index (χ2v) is 2.22. The van der Waals surface area contributed by atoms with Crippen molar-refractivity contribution in [1.29, 1.82) is 0 Å². The average Bonchev–Trinajstić information content (AvgIpc) is 1.65. The van der Waals surface area contributed by atoms with Crippen molar-refractivity contribution in [2.75, 3.05) is 7.05 Å². The second kappa shape index (κ2) is 3.10. The van der Waals surface area contributed by atoms with Gasteiger partial charge >= 0.3 is 6.41 Å². The SMILES string of the molecule is C[N+](C=O)=C(S)S. The van der Waals surface area contributed by atoms with Crippen LogP contribution in [0.2, 0.25) is 0 Å². The molecule has 0 heterocycles. The molecule has 0 aromatic heterocycles. The summed E-state index contributed by atoms with van der Waals surface area (Å²) in [5.41, 5.74) is 0. The molecule has 0 aliphatic rings. The molecule has 0 N–H and O–H groups in total. The normalized spacial score (nSPS) is 7.86. The predicted octanol–water partition coefficient (Wildman–Crippen LogP) is 0.000700. The number of carbonyl (C=O) groups excluding carboxylic acids is 1. The van der Waals surface area contributed by atoms with Crippen LogP contribution in [0, 0.1) is 0 Å². The lowest BCUT2D eigenvalue weighted by atomic mass is 11.1. The maximum Gasteiger partial charge on any atom is 0.376 e. The van der Waals surface area contributed by atoms with Crippen LogP contribution in [0.15, 0.2) is 0 Å². The van der Waals surface area contributed by atoms with E-state index < -0.39 is 0 Å². The van der Waals surface area contributed by atoms with Crippen molar-refractivity contribution in [2.45, 2.75) is 0 Å². The minimum atomic E-state index is 0.398. The van der Waals surface area contributed by atoms with Gasteiger partial charge in [0.25, 0.3) is 4.38 Å². The van der Waals surface area contributed by atoms with Crippen LogP contribution in [-0.4, -0.2) is 22.4 Å². The molecule has 0 unspecified atom stereocenters.